The van der Waals surface area contributed by atoms with Gasteiger partial charge in [0.1, 0.15) is 19.3 Å². The second-order valence-corrected chi connectivity index (χ2v) is 15.3. The maximum Gasteiger partial charge on any atom is 0.305 e. The first-order valence-electron chi connectivity index (χ1n) is 21.4. The Morgan fingerprint density at radius 2 is 0.667 bits per heavy atom. The molecule has 0 fully saturated rings. The van der Waals surface area contributed by atoms with Crippen LogP contribution in [0.5, 0.6) is 0 Å². The monoisotopic (exact) mass is 681 g/mol. The molecule has 0 saturated heterocycles. The third-order valence-corrected chi connectivity index (χ3v) is 9.77. The van der Waals surface area contributed by atoms with E-state index >= 15 is 0 Å². The summed E-state index contributed by atoms with van der Waals surface area (Å²) in [5, 5.41) is 10.0. The van der Waals surface area contributed by atoms with Crippen molar-refractivity contribution in [2.24, 2.45) is 5.92 Å². The molecule has 0 aromatic carbocycles. The minimum atomic E-state index is -0.955. The standard InChI is InChI=1S/C43H84O5/c1-4-5-6-7-8-9-10-11-14-18-21-24-27-30-33-36-42(45)47-38-41(44)39-48-43(46)37-34-31-28-25-22-19-16-13-12-15-17-20-23-26-29-32-35-40(2)3/h40-41,44H,4-39H2,1-3H3/t41-/m1/s1. The molecule has 1 N–H and O–H groups in total. The van der Waals surface area contributed by atoms with Crippen LogP contribution in [0.4, 0.5) is 0 Å². The SMILES string of the molecule is CCCCCCCCCCCCCCCCCC(=O)OC[C@@H](O)COC(=O)CCCCCCCCCCCCCCCCCCC(C)C. The third kappa shape index (κ3) is 39.3. The molecule has 0 heterocycles. The van der Waals surface area contributed by atoms with Gasteiger partial charge in [-0.2, -0.15) is 0 Å². The van der Waals surface area contributed by atoms with E-state index in [1.165, 1.54) is 180 Å². The maximum atomic E-state index is 12.0. The number of hydrogen-bond donors (Lipinski definition) is 1. The summed E-state index contributed by atoms with van der Waals surface area (Å²) >= 11 is 0. The zero-order valence-corrected chi connectivity index (χ0v) is 32.7. The van der Waals surface area contributed by atoms with Crippen LogP contribution in [0.3, 0.4) is 0 Å². The number of aliphatic hydroxyl groups is 1. The Balaban J connectivity index is 3.36. The fourth-order valence-electron chi connectivity index (χ4n) is 6.51. The van der Waals surface area contributed by atoms with Gasteiger partial charge >= 0.3 is 11.9 Å². The van der Waals surface area contributed by atoms with Gasteiger partial charge in [-0.05, 0) is 18.8 Å². The normalized spacial score (nSPS) is 12.1. The van der Waals surface area contributed by atoms with Crippen molar-refractivity contribution in [3.63, 3.8) is 0 Å². The molecule has 0 saturated carbocycles. The molecule has 0 radical (unpaired) electrons. The lowest BCUT2D eigenvalue weighted by Crippen LogP contribution is -2.25. The Hall–Kier alpha value is -1.10. The van der Waals surface area contributed by atoms with Gasteiger partial charge in [-0.3, -0.25) is 9.59 Å². The average Bonchev–Trinajstić information content (AvgIpc) is 3.07. The molecule has 0 amide bonds. The number of rotatable bonds is 39. The van der Waals surface area contributed by atoms with Gasteiger partial charge in [0.2, 0.25) is 0 Å². The van der Waals surface area contributed by atoms with Crippen molar-refractivity contribution in [2.45, 2.75) is 245 Å². The summed E-state index contributed by atoms with van der Waals surface area (Å²) in [5.41, 5.74) is 0. The van der Waals surface area contributed by atoms with Crippen LogP contribution in [0.25, 0.3) is 0 Å². The van der Waals surface area contributed by atoms with Crippen LogP contribution < -0.4 is 0 Å². The van der Waals surface area contributed by atoms with Gasteiger partial charge in [0, 0.05) is 12.8 Å². The van der Waals surface area contributed by atoms with Gasteiger partial charge in [0.15, 0.2) is 0 Å². The molecule has 286 valence electrons. The van der Waals surface area contributed by atoms with Gasteiger partial charge < -0.3 is 14.6 Å². The van der Waals surface area contributed by atoms with Crippen LogP contribution in [0.1, 0.15) is 239 Å². The van der Waals surface area contributed by atoms with Gasteiger partial charge in [0.05, 0.1) is 0 Å². The topological polar surface area (TPSA) is 72.8 Å². The number of ether oxygens (including phenoxy) is 2. The van der Waals surface area contributed by atoms with Crippen LogP contribution in [0.15, 0.2) is 0 Å². The van der Waals surface area contributed by atoms with Crippen LogP contribution >= 0.6 is 0 Å². The van der Waals surface area contributed by atoms with E-state index in [1.54, 1.807) is 0 Å². The molecule has 0 aliphatic rings. The second-order valence-electron chi connectivity index (χ2n) is 15.3. The van der Waals surface area contributed by atoms with E-state index in [1.807, 2.05) is 0 Å². The molecule has 5 heteroatoms. The lowest BCUT2D eigenvalue weighted by atomic mass is 10.0. The summed E-state index contributed by atoms with van der Waals surface area (Å²) in [6, 6.07) is 0. The van der Waals surface area contributed by atoms with E-state index in [0.29, 0.717) is 12.8 Å². The third-order valence-electron chi connectivity index (χ3n) is 9.77. The molecule has 0 aromatic heterocycles. The van der Waals surface area contributed by atoms with Crippen molar-refractivity contribution in [1.82, 2.24) is 0 Å². The van der Waals surface area contributed by atoms with Crippen molar-refractivity contribution in [3.8, 4) is 0 Å². The van der Waals surface area contributed by atoms with Gasteiger partial charge in [-0.1, -0.05) is 213 Å². The molecule has 0 spiro atoms. The number of unbranched alkanes of at least 4 members (excludes halogenated alkanes) is 29. The highest BCUT2D eigenvalue weighted by molar-refractivity contribution is 5.69. The smallest absolute Gasteiger partial charge is 0.305 e. The zero-order valence-electron chi connectivity index (χ0n) is 32.7. The predicted molar refractivity (Wildman–Crippen MR) is 205 cm³/mol. The molecule has 0 bridgehead atoms. The molecular weight excluding hydrogens is 596 g/mol. The number of aliphatic hydroxyl groups excluding tert-OH is 1. The van der Waals surface area contributed by atoms with Crippen molar-refractivity contribution in [3.05, 3.63) is 0 Å². The van der Waals surface area contributed by atoms with Crippen LogP contribution in [-0.2, 0) is 19.1 Å². The Morgan fingerprint density at radius 3 is 0.938 bits per heavy atom. The lowest BCUT2D eigenvalue weighted by molar-refractivity contribution is -0.152. The van der Waals surface area contributed by atoms with E-state index in [0.717, 1.165) is 31.6 Å². The Labute approximate surface area is 299 Å². The van der Waals surface area contributed by atoms with Crippen LogP contribution in [0, 0.1) is 5.92 Å². The lowest BCUT2D eigenvalue weighted by Gasteiger charge is -2.12. The number of hydrogen-bond acceptors (Lipinski definition) is 5. The molecule has 0 rings (SSSR count). The quantitative estimate of drug-likeness (QED) is 0.0517. The summed E-state index contributed by atoms with van der Waals surface area (Å²) in [4.78, 5) is 24.0. The second kappa shape index (κ2) is 38.7. The van der Waals surface area contributed by atoms with Gasteiger partial charge in [-0.15, -0.1) is 0 Å². The molecule has 0 aromatic rings. The molecule has 0 aliphatic carbocycles. The van der Waals surface area contributed by atoms with E-state index in [4.69, 9.17) is 9.47 Å². The Morgan fingerprint density at radius 1 is 0.417 bits per heavy atom. The highest BCUT2D eigenvalue weighted by Crippen LogP contribution is 2.16. The van der Waals surface area contributed by atoms with Crippen molar-refractivity contribution in [1.29, 1.82) is 0 Å². The molecule has 5 nitrogen and oxygen atoms in total. The first-order chi connectivity index (χ1) is 23.5. The van der Waals surface area contributed by atoms with E-state index in [9.17, 15) is 14.7 Å². The van der Waals surface area contributed by atoms with E-state index in [-0.39, 0.29) is 25.2 Å². The van der Waals surface area contributed by atoms with Crippen LogP contribution in [-0.4, -0.2) is 36.4 Å². The largest absolute Gasteiger partial charge is 0.463 e. The first-order valence-corrected chi connectivity index (χ1v) is 21.4. The minimum absolute atomic E-state index is 0.108. The summed E-state index contributed by atoms with van der Waals surface area (Å²) in [6.07, 6.45) is 41.6. The predicted octanol–water partition coefficient (Wildman–Crippen LogP) is 13.4. The van der Waals surface area contributed by atoms with E-state index < -0.39 is 6.10 Å². The van der Waals surface area contributed by atoms with E-state index in [2.05, 4.69) is 20.8 Å². The highest BCUT2D eigenvalue weighted by Gasteiger charge is 2.12. The molecule has 0 unspecified atom stereocenters. The minimum Gasteiger partial charge on any atom is -0.463 e. The fourth-order valence-corrected chi connectivity index (χ4v) is 6.51. The van der Waals surface area contributed by atoms with Gasteiger partial charge in [0.25, 0.3) is 0 Å². The molecule has 48 heavy (non-hydrogen) atoms. The average molecular weight is 681 g/mol. The fraction of sp³-hybridized carbons (Fsp3) is 0.953. The Bertz CT molecular complexity index is 664. The van der Waals surface area contributed by atoms with Crippen LogP contribution in [0.2, 0.25) is 0 Å². The summed E-state index contributed by atoms with van der Waals surface area (Å²) in [5.74, 6) is 0.311. The van der Waals surface area contributed by atoms with Crippen molar-refractivity contribution >= 4 is 11.9 Å². The molecule has 1 atom stereocenters. The summed E-state index contributed by atoms with van der Waals surface area (Å²) < 4.78 is 10.4. The highest BCUT2D eigenvalue weighted by atomic mass is 16.6. The molecular formula is C43H84O5. The summed E-state index contributed by atoms with van der Waals surface area (Å²) in [7, 11) is 0. The van der Waals surface area contributed by atoms with Crippen molar-refractivity contribution in [2.75, 3.05) is 13.2 Å². The molecule has 0 aliphatic heterocycles. The Kier molecular flexibility index (Phi) is 37.8. The zero-order chi connectivity index (χ0) is 35.2. The number of carbonyl (C=O) groups is 2. The van der Waals surface area contributed by atoms with Crippen molar-refractivity contribution < 1.29 is 24.2 Å². The first kappa shape index (κ1) is 46.9. The van der Waals surface area contributed by atoms with Gasteiger partial charge in [-0.25, -0.2) is 0 Å². The number of esters is 2. The maximum absolute atomic E-state index is 12.0. The number of carbonyl (C=O) groups excluding carboxylic acids is 2. The summed E-state index contributed by atoms with van der Waals surface area (Å²) in [6.45, 7) is 6.70.